The third-order valence-electron chi connectivity index (χ3n) is 2.56. The van der Waals surface area contributed by atoms with Crippen molar-refractivity contribution in [1.29, 1.82) is 5.41 Å². The lowest BCUT2D eigenvalue weighted by atomic mass is 10.3. The van der Waals surface area contributed by atoms with Crippen LogP contribution in [0, 0.1) is 5.41 Å². The van der Waals surface area contributed by atoms with Crippen molar-refractivity contribution in [3.05, 3.63) is 45.6 Å². The number of nitrogens with zero attached hydrogens (tertiary/aromatic N) is 1. The van der Waals surface area contributed by atoms with Crippen molar-refractivity contribution in [2.45, 2.75) is 0 Å². The Labute approximate surface area is 122 Å². The summed E-state index contributed by atoms with van der Waals surface area (Å²) < 4.78 is 6.12. The van der Waals surface area contributed by atoms with Gasteiger partial charge >= 0.3 is 5.97 Å². The van der Waals surface area contributed by atoms with Crippen LogP contribution < -0.4 is 10.5 Å². The first-order valence-electron chi connectivity index (χ1n) is 5.63. The highest BCUT2D eigenvalue weighted by molar-refractivity contribution is 7.20. The molecule has 3 aromatic rings. The van der Waals surface area contributed by atoms with E-state index in [1.54, 1.807) is 29.6 Å². The summed E-state index contributed by atoms with van der Waals surface area (Å²) in [6.07, 6.45) is 0. The molecule has 0 spiro atoms. The minimum atomic E-state index is -0.387. The number of nitrogen functional groups attached to an aromatic ring is 1. The molecule has 0 saturated heterocycles. The van der Waals surface area contributed by atoms with Crippen molar-refractivity contribution < 1.29 is 9.53 Å². The highest BCUT2D eigenvalue weighted by atomic mass is 32.1. The summed E-state index contributed by atoms with van der Waals surface area (Å²) in [5.74, 6) is -0.00243. The number of carbonyl (C=O) groups excluding carboxylic acids is 1. The monoisotopic (exact) mass is 303 g/mol. The van der Waals surface area contributed by atoms with E-state index in [-0.39, 0.29) is 11.8 Å². The lowest BCUT2D eigenvalue weighted by Gasteiger charge is -2.02. The van der Waals surface area contributed by atoms with Crippen LogP contribution >= 0.6 is 22.7 Å². The number of hydrogen-bond acceptors (Lipinski definition) is 6. The molecule has 100 valence electrons. The maximum atomic E-state index is 11.8. The summed E-state index contributed by atoms with van der Waals surface area (Å²) in [5, 5.41) is 11.4. The lowest BCUT2D eigenvalue weighted by Crippen LogP contribution is -2.09. The number of nitrogens with one attached hydrogen (secondary N) is 1. The minimum Gasteiger partial charge on any atom is -0.423 e. The normalized spacial score (nSPS) is 10.6. The molecule has 0 unspecified atom stereocenters. The van der Waals surface area contributed by atoms with Crippen LogP contribution in [0.15, 0.2) is 35.0 Å². The van der Waals surface area contributed by atoms with Gasteiger partial charge in [0.25, 0.3) is 0 Å². The van der Waals surface area contributed by atoms with E-state index >= 15 is 0 Å². The SMILES string of the molecule is N=C(N)c1nc2ccc(OC(=O)c3ccsc3)cc2s1. The van der Waals surface area contributed by atoms with Crippen molar-refractivity contribution in [3.8, 4) is 5.75 Å². The quantitative estimate of drug-likeness (QED) is 0.337. The molecule has 2 aromatic heterocycles. The van der Waals surface area contributed by atoms with Crippen molar-refractivity contribution in [2.75, 3.05) is 0 Å². The summed E-state index contributed by atoms with van der Waals surface area (Å²) in [6, 6.07) is 6.86. The van der Waals surface area contributed by atoms with E-state index in [9.17, 15) is 4.79 Å². The molecule has 3 rings (SSSR count). The van der Waals surface area contributed by atoms with E-state index in [4.69, 9.17) is 15.9 Å². The number of benzene rings is 1. The number of thiazole rings is 1. The zero-order valence-corrected chi connectivity index (χ0v) is 11.8. The fraction of sp³-hybridized carbons (Fsp3) is 0. The third kappa shape index (κ3) is 2.40. The van der Waals surface area contributed by atoms with Gasteiger partial charge in [-0.1, -0.05) is 0 Å². The Kier molecular flexibility index (Phi) is 3.21. The van der Waals surface area contributed by atoms with Gasteiger partial charge in [0.15, 0.2) is 10.8 Å². The molecule has 3 N–H and O–H groups in total. The lowest BCUT2D eigenvalue weighted by molar-refractivity contribution is 0.0735. The second kappa shape index (κ2) is 5.03. The molecule has 7 heteroatoms. The standard InChI is InChI=1S/C13H9N3O2S2/c14-11(15)12-16-9-2-1-8(5-10(9)20-12)18-13(17)7-3-4-19-6-7/h1-6H,(H3,14,15). The number of fused-ring (bicyclic) bond motifs is 1. The van der Waals surface area contributed by atoms with Crippen LogP contribution in [0.2, 0.25) is 0 Å². The molecule has 0 fully saturated rings. The van der Waals surface area contributed by atoms with Gasteiger partial charge in [0.2, 0.25) is 0 Å². The molecule has 0 aliphatic heterocycles. The first kappa shape index (κ1) is 12.8. The van der Waals surface area contributed by atoms with E-state index in [1.807, 2.05) is 5.38 Å². The Morgan fingerprint density at radius 2 is 2.20 bits per heavy atom. The van der Waals surface area contributed by atoms with Gasteiger partial charge in [-0.05, 0) is 23.6 Å². The maximum absolute atomic E-state index is 11.8. The zero-order chi connectivity index (χ0) is 14.1. The highest BCUT2D eigenvalue weighted by Crippen LogP contribution is 2.26. The van der Waals surface area contributed by atoms with Gasteiger partial charge in [-0.2, -0.15) is 11.3 Å². The zero-order valence-electron chi connectivity index (χ0n) is 10.1. The van der Waals surface area contributed by atoms with Gasteiger partial charge in [-0.15, -0.1) is 11.3 Å². The molecule has 0 aliphatic carbocycles. The van der Waals surface area contributed by atoms with Gasteiger partial charge in [-0.3, -0.25) is 5.41 Å². The second-order valence-electron chi connectivity index (χ2n) is 3.96. The molecule has 1 aromatic carbocycles. The Hall–Kier alpha value is -2.25. The Bertz CT molecular complexity index is 793. The van der Waals surface area contributed by atoms with E-state index in [2.05, 4.69) is 4.98 Å². The summed E-state index contributed by atoms with van der Waals surface area (Å²) in [7, 11) is 0. The summed E-state index contributed by atoms with van der Waals surface area (Å²) >= 11 is 2.74. The molecule has 5 nitrogen and oxygen atoms in total. The third-order valence-corrected chi connectivity index (χ3v) is 4.29. The fourth-order valence-electron chi connectivity index (χ4n) is 1.63. The highest BCUT2D eigenvalue weighted by Gasteiger charge is 2.11. The number of esters is 1. The molecule has 0 radical (unpaired) electrons. The number of amidine groups is 1. The first-order valence-corrected chi connectivity index (χ1v) is 7.39. The van der Waals surface area contributed by atoms with Crippen molar-refractivity contribution in [1.82, 2.24) is 4.98 Å². The molecule has 0 atom stereocenters. The summed E-state index contributed by atoms with van der Waals surface area (Å²) in [4.78, 5) is 16.1. The van der Waals surface area contributed by atoms with Crippen LogP contribution in [0.5, 0.6) is 5.75 Å². The number of nitrogens with two attached hydrogens (primary N) is 1. The van der Waals surface area contributed by atoms with Crippen LogP contribution in [0.4, 0.5) is 0 Å². The van der Waals surface area contributed by atoms with Crippen molar-refractivity contribution in [3.63, 3.8) is 0 Å². The molecule has 20 heavy (non-hydrogen) atoms. The van der Waals surface area contributed by atoms with Crippen LogP contribution in [0.25, 0.3) is 10.2 Å². The van der Waals surface area contributed by atoms with Crippen molar-refractivity contribution in [2.24, 2.45) is 5.73 Å². The average Bonchev–Trinajstić information content (AvgIpc) is 3.07. The van der Waals surface area contributed by atoms with Crippen LogP contribution in [0.1, 0.15) is 15.4 Å². The molecule has 0 aliphatic rings. The smallest absolute Gasteiger partial charge is 0.344 e. The number of hydrogen-bond donors (Lipinski definition) is 2. The predicted molar refractivity (Wildman–Crippen MR) is 79.9 cm³/mol. The number of thiophene rings is 1. The first-order chi connectivity index (χ1) is 9.63. The van der Waals surface area contributed by atoms with E-state index in [0.29, 0.717) is 16.3 Å². The van der Waals surface area contributed by atoms with Gasteiger partial charge in [0.1, 0.15) is 5.75 Å². The van der Waals surface area contributed by atoms with Crippen LogP contribution in [-0.2, 0) is 0 Å². The topological polar surface area (TPSA) is 89.1 Å². The fourth-order valence-corrected chi connectivity index (χ4v) is 3.11. The summed E-state index contributed by atoms with van der Waals surface area (Å²) in [5.41, 5.74) is 6.67. The molecule has 0 bridgehead atoms. The number of aromatic nitrogens is 1. The average molecular weight is 303 g/mol. The van der Waals surface area contributed by atoms with E-state index < -0.39 is 0 Å². The van der Waals surface area contributed by atoms with E-state index in [1.165, 1.54) is 22.7 Å². The number of carbonyl (C=O) groups is 1. The van der Waals surface area contributed by atoms with Gasteiger partial charge in [-0.25, -0.2) is 9.78 Å². The van der Waals surface area contributed by atoms with Crippen molar-refractivity contribution >= 4 is 44.7 Å². The number of ether oxygens (including phenoxy) is 1. The molecule has 0 amide bonds. The van der Waals surface area contributed by atoms with E-state index in [0.717, 1.165) is 10.2 Å². The van der Waals surface area contributed by atoms with Crippen LogP contribution in [-0.4, -0.2) is 16.8 Å². The minimum absolute atomic E-state index is 0.0667. The van der Waals surface area contributed by atoms with Crippen LogP contribution in [0.3, 0.4) is 0 Å². The molecule has 0 saturated carbocycles. The summed E-state index contributed by atoms with van der Waals surface area (Å²) in [6.45, 7) is 0. The molecular weight excluding hydrogens is 294 g/mol. The molecule has 2 heterocycles. The number of rotatable bonds is 3. The largest absolute Gasteiger partial charge is 0.423 e. The Morgan fingerprint density at radius 3 is 2.90 bits per heavy atom. The Morgan fingerprint density at radius 1 is 1.35 bits per heavy atom. The molecular formula is C13H9N3O2S2. The maximum Gasteiger partial charge on any atom is 0.344 e. The Balaban J connectivity index is 1.89. The van der Waals surface area contributed by atoms with Gasteiger partial charge < -0.3 is 10.5 Å². The second-order valence-corrected chi connectivity index (χ2v) is 5.77. The predicted octanol–water partition coefficient (Wildman–Crippen LogP) is 2.86. The van der Waals surface area contributed by atoms with Gasteiger partial charge in [0, 0.05) is 11.4 Å². The van der Waals surface area contributed by atoms with Gasteiger partial charge in [0.05, 0.1) is 15.8 Å².